The van der Waals surface area contributed by atoms with E-state index in [1.807, 2.05) is 0 Å². The molecule has 8 aliphatic rings. The van der Waals surface area contributed by atoms with E-state index < -0.39 is 200 Å². The van der Waals surface area contributed by atoms with Gasteiger partial charge in [-0.3, -0.25) is 19.2 Å². The number of nitrogens with two attached hydrogens (primary N) is 3. The van der Waals surface area contributed by atoms with Gasteiger partial charge in [0, 0.05) is 52.6 Å². The van der Waals surface area contributed by atoms with Gasteiger partial charge in [-0.2, -0.15) is 13.2 Å². The molecule has 27 nitrogen and oxygen atoms in total. The van der Waals surface area contributed by atoms with Crippen LogP contribution in [-0.4, -0.2) is 219 Å². The standard InChI is InChI=1S/C44H72N6O19.C2HF3O2/c1-41(2)62-31-21(15-45)58-27(33(31)64-41)17(47)11-23(51)48-18(29-35-37(39(56-9)60-29)68-43(5,6)66-35)12-24(52)49-19(30-36-38(40(57-10)61-30)69-44(7,8)67-36)13-25(53)50-20(14-26(54)55)28-34-32(22(16-46)59-28)63-42(3,4)65-34;3-2(4,5)1(6)7/h17-22,27-40H,11-16,45-47H2,1-10H3,(H,48,51)(H,49,52)(H,50,53)(H,54,55);(H,6,7)/t17-,18+,19-,20+,21-,22-,27-,28-,29-,30-,31-,32-,33+,34+,35+,36+,37+,38+,39+,40+;/m1./s1. The fraction of sp³-hybridized carbons (Fsp3) is 0.891. The molecule has 30 heteroatoms. The number of alkyl halides is 3. The molecule has 0 spiro atoms. The largest absolute Gasteiger partial charge is 0.490 e. The third-order valence-electron chi connectivity index (χ3n) is 13.9. The molecule has 20 atom stereocenters. The van der Waals surface area contributed by atoms with Gasteiger partial charge < -0.3 is 110 Å². The molecule has 0 radical (unpaired) electrons. The smallest absolute Gasteiger partial charge is 0.481 e. The van der Waals surface area contributed by atoms with Crippen LogP contribution in [0, 0.1) is 0 Å². The van der Waals surface area contributed by atoms with Crippen molar-refractivity contribution in [2.45, 2.75) is 233 Å². The Kier molecular flexibility index (Phi) is 18.1. The molecule has 0 aromatic carbocycles. The van der Waals surface area contributed by atoms with Crippen molar-refractivity contribution >= 4 is 29.7 Å². The number of carboxylic acid groups (broad SMARTS) is 2. The summed E-state index contributed by atoms with van der Waals surface area (Å²) in [5.74, 6) is -9.93. The van der Waals surface area contributed by atoms with E-state index in [1.54, 1.807) is 55.4 Å². The van der Waals surface area contributed by atoms with E-state index >= 15 is 0 Å². The molecule has 8 saturated heterocycles. The molecule has 11 N–H and O–H groups in total. The van der Waals surface area contributed by atoms with Gasteiger partial charge in [-0.05, 0) is 55.4 Å². The summed E-state index contributed by atoms with van der Waals surface area (Å²) in [6.07, 6.45) is -19.1. The average Bonchev–Trinajstić information content (AvgIpc) is 4.17. The van der Waals surface area contributed by atoms with Gasteiger partial charge in [0.1, 0.15) is 73.2 Å². The van der Waals surface area contributed by atoms with Crippen LogP contribution in [0.25, 0.3) is 0 Å². The van der Waals surface area contributed by atoms with Gasteiger partial charge in [0.25, 0.3) is 0 Å². The summed E-state index contributed by atoms with van der Waals surface area (Å²) >= 11 is 0. The number of ether oxygens (including phenoxy) is 14. The minimum absolute atomic E-state index is 0.0537. The van der Waals surface area contributed by atoms with Crippen molar-refractivity contribution in [3.05, 3.63) is 0 Å². The lowest BCUT2D eigenvalue weighted by Crippen LogP contribution is -2.56. The van der Waals surface area contributed by atoms with Crippen molar-refractivity contribution in [1.82, 2.24) is 16.0 Å². The van der Waals surface area contributed by atoms with E-state index in [0.717, 1.165) is 0 Å². The van der Waals surface area contributed by atoms with E-state index in [0.29, 0.717) is 0 Å². The minimum atomic E-state index is -5.08. The quantitative estimate of drug-likeness (QED) is 0.0716. The number of aliphatic carboxylic acids is 2. The number of fused-ring (bicyclic) bond motifs is 4. The lowest BCUT2D eigenvalue weighted by atomic mass is 9.96. The summed E-state index contributed by atoms with van der Waals surface area (Å²) in [5, 5.41) is 25.9. The van der Waals surface area contributed by atoms with Gasteiger partial charge in [0.2, 0.25) is 17.7 Å². The molecule has 434 valence electrons. The van der Waals surface area contributed by atoms with Crippen LogP contribution >= 0.6 is 0 Å². The Balaban J connectivity index is 0.00000112. The van der Waals surface area contributed by atoms with Gasteiger partial charge in [-0.1, -0.05) is 0 Å². The number of carbonyl (C=O) groups excluding carboxylic acids is 3. The van der Waals surface area contributed by atoms with Crippen LogP contribution in [0.3, 0.4) is 0 Å². The van der Waals surface area contributed by atoms with Crippen LogP contribution in [0.15, 0.2) is 0 Å². The molecule has 8 rings (SSSR count). The molecular formula is C46H73F3N6O21. The van der Waals surface area contributed by atoms with E-state index in [-0.39, 0.29) is 19.5 Å². The number of hydrogen-bond donors (Lipinski definition) is 8. The van der Waals surface area contributed by atoms with Crippen LogP contribution < -0.4 is 33.2 Å². The molecule has 8 fully saturated rings. The third kappa shape index (κ3) is 13.5. The first-order valence-corrected chi connectivity index (χ1v) is 24.9. The molecule has 0 bridgehead atoms. The number of nitrogens with one attached hydrogen (secondary N) is 3. The molecule has 0 unspecified atom stereocenters. The second-order valence-electron chi connectivity index (χ2n) is 21.6. The summed E-state index contributed by atoms with van der Waals surface area (Å²) in [4.78, 5) is 64.3. The summed E-state index contributed by atoms with van der Waals surface area (Å²) in [7, 11) is 2.87. The van der Waals surface area contributed by atoms with Crippen molar-refractivity contribution in [3.8, 4) is 0 Å². The normalized spacial score (nSPS) is 38.6. The van der Waals surface area contributed by atoms with Gasteiger partial charge in [-0.15, -0.1) is 0 Å². The average molecular weight is 1100 g/mol. The Bertz CT molecular complexity index is 2110. The first-order valence-electron chi connectivity index (χ1n) is 24.9. The van der Waals surface area contributed by atoms with Gasteiger partial charge >= 0.3 is 18.1 Å². The number of amides is 3. The van der Waals surface area contributed by atoms with Crippen molar-refractivity contribution in [2.24, 2.45) is 17.2 Å². The van der Waals surface area contributed by atoms with E-state index in [2.05, 4.69) is 16.0 Å². The highest BCUT2D eigenvalue weighted by atomic mass is 19.4. The topological polar surface area (TPSA) is 369 Å². The number of carboxylic acids is 2. The predicted octanol–water partition coefficient (Wildman–Crippen LogP) is -1.68. The number of hydrogen-bond acceptors (Lipinski definition) is 22. The monoisotopic (exact) mass is 1100 g/mol. The molecule has 0 aromatic heterocycles. The molecule has 0 aliphatic carbocycles. The molecular weight excluding hydrogens is 1030 g/mol. The minimum Gasteiger partial charge on any atom is -0.481 e. The number of rotatable bonds is 19. The summed E-state index contributed by atoms with van der Waals surface area (Å²) < 4.78 is 117. The second-order valence-corrected chi connectivity index (χ2v) is 21.6. The van der Waals surface area contributed by atoms with Crippen molar-refractivity contribution in [3.63, 3.8) is 0 Å². The van der Waals surface area contributed by atoms with Crippen LogP contribution in [0.1, 0.15) is 81.1 Å². The van der Waals surface area contributed by atoms with Crippen molar-refractivity contribution in [2.75, 3.05) is 27.3 Å². The lowest BCUT2D eigenvalue weighted by Gasteiger charge is -2.32. The van der Waals surface area contributed by atoms with Gasteiger partial charge in [0.15, 0.2) is 35.7 Å². The van der Waals surface area contributed by atoms with Crippen LogP contribution in [0.5, 0.6) is 0 Å². The van der Waals surface area contributed by atoms with E-state index in [9.17, 15) is 37.5 Å². The molecule has 76 heavy (non-hydrogen) atoms. The van der Waals surface area contributed by atoms with E-state index in [1.165, 1.54) is 14.2 Å². The van der Waals surface area contributed by atoms with E-state index in [4.69, 9.17) is 93.4 Å². The van der Waals surface area contributed by atoms with Crippen LogP contribution in [-0.2, 0) is 90.3 Å². The second kappa shape index (κ2) is 22.9. The zero-order valence-corrected chi connectivity index (χ0v) is 43.8. The maximum atomic E-state index is 14.7. The molecule has 3 amide bonds. The zero-order chi connectivity index (χ0) is 56.2. The highest BCUT2D eigenvalue weighted by Gasteiger charge is 2.62. The molecule has 8 aliphatic heterocycles. The Hall–Kier alpha value is -3.54. The highest BCUT2D eigenvalue weighted by Crippen LogP contribution is 2.44. The fourth-order valence-electron chi connectivity index (χ4n) is 11.2. The fourth-order valence-corrected chi connectivity index (χ4v) is 11.2. The first-order chi connectivity index (χ1) is 35.3. The lowest BCUT2D eigenvalue weighted by molar-refractivity contribution is -0.230. The maximum Gasteiger partial charge on any atom is 0.490 e. The van der Waals surface area contributed by atoms with Gasteiger partial charge in [0.05, 0.1) is 36.8 Å². The molecule has 0 saturated carbocycles. The van der Waals surface area contributed by atoms with Crippen LogP contribution in [0.2, 0.25) is 0 Å². The predicted molar refractivity (Wildman–Crippen MR) is 246 cm³/mol. The number of methoxy groups -OCH3 is 2. The Morgan fingerprint density at radius 3 is 1.13 bits per heavy atom. The molecule has 0 aromatic rings. The zero-order valence-electron chi connectivity index (χ0n) is 43.8. The molecule has 8 heterocycles. The summed E-state index contributed by atoms with van der Waals surface area (Å²) in [5.41, 5.74) is 18.7. The van der Waals surface area contributed by atoms with Crippen molar-refractivity contribution < 1.29 is 114 Å². The first kappa shape index (κ1) is 60.1. The van der Waals surface area contributed by atoms with Gasteiger partial charge in [-0.25, -0.2) is 4.79 Å². The highest BCUT2D eigenvalue weighted by molar-refractivity contribution is 5.82. The number of carbonyl (C=O) groups is 5. The summed E-state index contributed by atoms with van der Waals surface area (Å²) in [6.45, 7) is 14.1. The van der Waals surface area contributed by atoms with Crippen molar-refractivity contribution in [1.29, 1.82) is 0 Å². The van der Waals surface area contributed by atoms with Crippen LogP contribution in [0.4, 0.5) is 13.2 Å². The Morgan fingerprint density at radius 2 is 0.789 bits per heavy atom. The Morgan fingerprint density at radius 1 is 0.500 bits per heavy atom. The third-order valence-corrected chi connectivity index (χ3v) is 13.9. The number of halogens is 3. The Labute approximate surface area is 435 Å². The SMILES string of the molecule is CO[C@H]1O[C@H]([C@H](CC(=O)N[C@H](CC(=O)N[C@@H](CC(=O)O)[C@H]2O[C@H](CN)[C@H]3OC(C)(C)O[C@@H]23)[C@H]2O[C@H](OC)[C@H]3OC(C)(C)O[C@H]32)NC(=O)C[C@@H](N)[C@H]2O[C@H](CN)[C@H]3OC(C)(C)O[C@@H]23)[C@@H]2OC(C)(C)O[C@H]12.O=C(O)C(F)(F)F. The maximum absolute atomic E-state index is 14.7. The summed E-state index contributed by atoms with van der Waals surface area (Å²) in [6, 6.07) is -4.26.